The Morgan fingerprint density at radius 1 is 1.08 bits per heavy atom. The second-order valence-electron chi connectivity index (χ2n) is 5.56. The van der Waals surface area contributed by atoms with Gasteiger partial charge in [0.1, 0.15) is 17.2 Å². The van der Waals surface area contributed by atoms with Crippen molar-refractivity contribution < 1.29 is 9.15 Å². The Labute approximate surface area is 149 Å². The molecule has 0 amide bonds. The maximum atomic E-state index is 6.46. The molecular weight excluding hydrogens is 338 g/mol. The van der Waals surface area contributed by atoms with E-state index in [0.717, 1.165) is 27.8 Å². The maximum absolute atomic E-state index is 6.46. The first-order valence-corrected chi connectivity index (χ1v) is 8.03. The summed E-state index contributed by atoms with van der Waals surface area (Å²) in [5.41, 5.74) is 9.05. The molecule has 124 valence electrons. The SMILES string of the molecule is Cc1nc(N)ccc1-c1ccc(Oc2nccc3occc23)cc1Cl. The van der Waals surface area contributed by atoms with Crippen molar-refractivity contribution >= 4 is 28.4 Å². The normalized spacial score (nSPS) is 11.0. The highest BCUT2D eigenvalue weighted by molar-refractivity contribution is 6.33. The van der Waals surface area contributed by atoms with E-state index < -0.39 is 0 Å². The summed E-state index contributed by atoms with van der Waals surface area (Å²) in [5.74, 6) is 1.55. The molecule has 1 aromatic carbocycles. The topological polar surface area (TPSA) is 74.2 Å². The summed E-state index contributed by atoms with van der Waals surface area (Å²) < 4.78 is 11.2. The molecule has 3 heterocycles. The van der Waals surface area contributed by atoms with Crippen LogP contribution in [0.3, 0.4) is 0 Å². The maximum Gasteiger partial charge on any atom is 0.230 e. The minimum absolute atomic E-state index is 0.473. The molecule has 6 heteroatoms. The highest BCUT2D eigenvalue weighted by atomic mass is 35.5. The second kappa shape index (κ2) is 6.11. The number of ether oxygens (including phenoxy) is 1. The van der Waals surface area contributed by atoms with E-state index in [0.29, 0.717) is 22.5 Å². The van der Waals surface area contributed by atoms with E-state index in [4.69, 9.17) is 26.5 Å². The summed E-state index contributed by atoms with van der Waals surface area (Å²) in [6.45, 7) is 1.90. The van der Waals surface area contributed by atoms with Gasteiger partial charge in [0.15, 0.2) is 0 Å². The molecule has 0 saturated heterocycles. The quantitative estimate of drug-likeness (QED) is 0.547. The van der Waals surface area contributed by atoms with Crippen molar-refractivity contribution in [2.45, 2.75) is 6.92 Å². The van der Waals surface area contributed by atoms with Crippen molar-refractivity contribution in [3.8, 4) is 22.8 Å². The van der Waals surface area contributed by atoms with Gasteiger partial charge in [-0.3, -0.25) is 0 Å². The van der Waals surface area contributed by atoms with Gasteiger partial charge < -0.3 is 14.9 Å². The fourth-order valence-electron chi connectivity index (χ4n) is 2.70. The van der Waals surface area contributed by atoms with Crippen molar-refractivity contribution in [3.05, 3.63) is 65.6 Å². The number of nitrogen functional groups attached to an aromatic ring is 1. The third kappa shape index (κ3) is 2.90. The molecule has 0 unspecified atom stereocenters. The molecule has 0 aliphatic heterocycles. The van der Waals surface area contributed by atoms with Crippen LogP contribution in [0.1, 0.15) is 5.69 Å². The number of furan rings is 1. The number of nitrogens with zero attached hydrogens (tertiary/aromatic N) is 2. The minimum Gasteiger partial charge on any atom is -0.464 e. The first kappa shape index (κ1) is 15.5. The summed E-state index contributed by atoms with van der Waals surface area (Å²) in [4.78, 5) is 8.54. The predicted molar refractivity (Wildman–Crippen MR) is 97.9 cm³/mol. The van der Waals surface area contributed by atoms with E-state index in [1.54, 1.807) is 30.7 Å². The summed E-state index contributed by atoms with van der Waals surface area (Å²) in [7, 11) is 0. The molecule has 2 N–H and O–H groups in total. The number of anilines is 1. The van der Waals surface area contributed by atoms with Crippen LogP contribution in [0.25, 0.3) is 22.1 Å². The lowest BCUT2D eigenvalue weighted by atomic mass is 10.0. The Balaban J connectivity index is 1.69. The monoisotopic (exact) mass is 351 g/mol. The van der Waals surface area contributed by atoms with Crippen molar-refractivity contribution in [3.63, 3.8) is 0 Å². The van der Waals surface area contributed by atoms with Gasteiger partial charge in [0, 0.05) is 29.1 Å². The molecule has 3 aromatic heterocycles. The van der Waals surface area contributed by atoms with Gasteiger partial charge in [0.05, 0.1) is 16.7 Å². The van der Waals surface area contributed by atoms with Crippen molar-refractivity contribution in [1.29, 1.82) is 0 Å². The van der Waals surface area contributed by atoms with Gasteiger partial charge >= 0.3 is 0 Å². The van der Waals surface area contributed by atoms with Crippen LogP contribution in [0.5, 0.6) is 11.6 Å². The molecule has 25 heavy (non-hydrogen) atoms. The number of halogens is 1. The lowest BCUT2D eigenvalue weighted by Crippen LogP contribution is -1.95. The number of aromatic nitrogens is 2. The van der Waals surface area contributed by atoms with Crippen LogP contribution in [0.15, 0.2) is 59.3 Å². The zero-order valence-electron chi connectivity index (χ0n) is 13.4. The van der Waals surface area contributed by atoms with Gasteiger partial charge in [-0.05, 0) is 43.3 Å². The highest BCUT2D eigenvalue weighted by Crippen LogP contribution is 2.35. The Morgan fingerprint density at radius 3 is 2.72 bits per heavy atom. The van der Waals surface area contributed by atoms with Crippen molar-refractivity contribution in [2.75, 3.05) is 5.73 Å². The van der Waals surface area contributed by atoms with Crippen LogP contribution in [0, 0.1) is 6.92 Å². The van der Waals surface area contributed by atoms with Crippen LogP contribution in [-0.4, -0.2) is 9.97 Å². The molecule has 0 radical (unpaired) electrons. The lowest BCUT2D eigenvalue weighted by Gasteiger charge is -2.11. The average molecular weight is 352 g/mol. The third-order valence-corrected chi connectivity index (χ3v) is 4.21. The zero-order valence-corrected chi connectivity index (χ0v) is 14.1. The first-order valence-electron chi connectivity index (χ1n) is 7.65. The number of hydrogen-bond donors (Lipinski definition) is 1. The zero-order chi connectivity index (χ0) is 17.4. The van der Waals surface area contributed by atoms with Crippen LogP contribution in [-0.2, 0) is 0 Å². The van der Waals surface area contributed by atoms with Crippen molar-refractivity contribution in [1.82, 2.24) is 9.97 Å². The number of nitrogens with two attached hydrogens (primary N) is 1. The second-order valence-corrected chi connectivity index (χ2v) is 5.97. The molecule has 0 fully saturated rings. The van der Waals surface area contributed by atoms with E-state index in [9.17, 15) is 0 Å². The number of aryl methyl sites for hydroxylation is 1. The van der Waals surface area contributed by atoms with Crippen LogP contribution < -0.4 is 10.5 Å². The smallest absolute Gasteiger partial charge is 0.230 e. The number of rotatable bonds is 3. The summed E-state index contributed by atoms with van der Waals surface area (Å²) in [5, 5.41) is 1.37. The number of pyridine rings is 2. The molecule has 0 atom stereocenters. The van der Waals surface area contributed by atoms with Gasteiger partial charge in [-0.15, -0.1) is 0 Å². The van der Waals surface area contributed by atoms with Crippen LogP contribution in [0.2, 0.25) is 5.02 Å². The molecular formula is C19H14ClN3O2. The number of hydrogen-bond acceptors (Lipinski definition) is 5. The molecule has 4 rings (SSSR count). The van der Waals surface area contributed by atoms with Gasteiger partial charge in [0.25, 0.3) is 0 Å². The fourth-order valence-corrected chi connectivity index (χ4v) is 2.98. The van der Waals surface area contributed by atoms with E-state index in [1.807, 2.05) is 31.2 Å². The third-order valence-electron chi connectivity index (χ3n) is 3.90. The van der Waals surface area contributed by atoms with Crippen LogP contribution >= 0.6 is 11.6 Å². The Kier molecular flexibility index (Phi) is 3.78. The molecule has 0 aliphatic rings. The minimum atomic E-state index is 0.473. The van der Waals surface area contributed by atoms with Gasteiger partial charge in [-0.1, -0.05) is 11.6 Å². The Morgan fingerprint density at radius 2 is 1.92 bits per heavy atom. The van der Waals surface area contributed by atoms with Gasteiger partial charge in [-0.25, -0.2) is 9.97 Å². The molecule has 0 bridgehead atoms. The average Bonchev–Trinajstić information content (AvgIpc) is 3.06. The van der Waals surface area contributed by atoms with Crippen LogP contribution in [0.4, 0.5) is 5.82 Å². The molecule has 5 nitrogen and oxygen atoms in total. The molecule has 0 aliphatic carbocycles. The van der Waals surface area contributed by atoms with E-state index >= 15 is 0 Å². The summed E-state index contributed by atoms with van der Waals surface area (Å²) >= 11 is 6.46. The molecule has 0 spiro atoms. The molecule has 0 saturated carbocycles. The van der Waals surface area contributed by atoms with Crippen molar-refractivity contribution in [2.24, 2.45) is 0 Å². The molecule has 4 aromatic rings. The lowest BCUT2D eigenvalue weighted by molar-refractivity contribution is 0.469. The highest BCUT2D eigenvalue weighted by Gasteiger charge is 2.11. The van der Waals surface area contributed by atoms with E-state index in [2.05, 4.69) is 9.97 Å². The van der Waals surface area contributed by atoms with Gasteiger partial charge in [-0.2, -0.15) is 0 Å². The summed E-state index contributed by atoms with van der Waals surface area (Å²) in [6.07, 6.45) is 3.24. The fraction of sp³-hybridized carbons (Fsp3) is 0.0526. The number of benzene rings is 1. The Hall–Kier alpha value is -3.05. The van der Waals surface area contributed by atoms with Gasteiger partial charge in [0.2, 0.25) is 5.88 Å². The Bertz CT molecular complexity index is 1080. The van der Waals surface area contributed by atoms with E-state index in [-0.39, 0.29) is 0 Å². The first-order chi connectivity index (χ1) is 12.1. The summed E-state index contributed by atoms with van der Waals surface area (Å²) in [6, 6.07) is 12.8. The number of fused-ring (bicyclic) bond motifs is 1. The van der Waals surface area contributed by atoms with E-state index in [1.165, 1.54) is 0 Å². The standard InChI is InChI=1S/C19H14ClN3O2/c1-11-13(4-5-18(21)23-11)14-3-2-12(10-16(14)20)25-19-15-7-9-24-17(15)6-8-22-19/h2-10H,1H3,(H2,21,23). The predicted octanol–water partition coefficient (Wildman–Crippen LogP) is 5.23. The largest absolute Gasteiger partial charge is 0.464 e.